The highest BCUT2D eigenvalue weighted by atomic mass is 16.3. The van der Waals surface area contributed by atoms with Crippen molar-refractivity contribution in [2.45, 2.75) is 34.1 Å². The van der Waals surface area contributed by atoms with E-state index in [-0.39, 0.29) is 11.5 Å². The van der Waals surface area contributed by atoms with Crippen LogP contribution in [0.3, 0.4) is 0 Å². The van der Waals surface area contributed by atoms with Crippen molar-refractivity contribution >= 4 is 5.78 Å². The van der Waals surface area contributed by atoms with Gasteiger partial charge in [0, 0.05) is 12.0 Å². The number of phenolic OH excluding ortho intramolecular Hbond substituents is 1. The molecule has 0 spiro atoms. The number of rotatable bonds is 2. The summed E-state index contributed by atoms with van der Waals surface area (Å²) in [6.07, 6.45) is 0.318. The molecule has 0 fully saturated rings. The van der Waals surface area contributed by atoms with Gasteiger partial charge in [0.15, 0.2) is 0 Å². The number of carbonyl (C=O) groups excluding carboxylic acids is 1. The minimum Gasteiger partial charge on any atom is -0.507 e. The summed E-state index contributed by atoms with van der Waals surface area (Å²) in [6.45, 7) is 7.28. The summed E-state index contributed by atoms with van der Waals surface area (Å²) in [4.78, 5) is 11.0. The third-order valence-electron chi connectivity index (χ3n) is 2.57. The molecule has 0 radical (unpaired) electrons. The highest BCUT2D eigenvalue weighted by Gasteiger charge is 2.11. The van der Waals surface area contributed by atoms with Crippen LogP contribution in [0.4, 0.5) is 0 Å². The van der Waals surface area contributed by atoms with Gasteiger partial charge in [0.25, 0.3) is 0 Å². The van der Waals surface area contributed by atoms with Gasteiger partial charge in [-0.05, 0) is 44.4 Å². The Bertz CT molecular complexity index is 378. The number of carbonyl (C=O) groups is 1. The van der Waals surface area contributed by atoms with Gasteiger partial charge in [0.05, 0.1) is 0 Å². The van der Waals surface area contributed by atoms with Gasteiger partial charge in [-0.25, -0.2) is 0 Å². The number of Topliss-reactive ketones (excluding diaryl/α,β-unsaturated/α-hetero) is 1. The minimum absolute atomic E-state index is 0.0756. The molecule has 1 N–H and O–H groups in total. The lowest BCUT2D eigenvalue weighted by Crippen LogP contribution is -2.01. The van der Waals surface area contributed by atoms with Crippen molar-refractivity contribution in [1.82, 2.24) is 0 Å². The number of aromatic hydroxyl groups is 1. The van der Waals surface area contributed by atoms with Gasteiger partial charge in [0.1, 0.15) is 11.5 Å². The maximum atomic E-state index is 11.0. The van der Waals surface area contributed by atoms with E-state index < -0.39 is 0 Å². The number of benzene rings is 1. The summed E-state index contributed by atoms with van der Waals surface area (Å²) in [5, 5.41) is 9.86. The van der Waals surface area contributed by atoms with Crippen molar-refractivity contribution in [2.24, 2.45) is 0 Å². The van der Waals surface area contributed by atoms with E-state index in [1.54, 1.807) is 0 Å². The van der Waals surface area contributed by atoms with Gasteiger partial charge >= 0.3 is 0 Å². The monoisotopic (exact) mass is 192 g/mol. The first-order valence-electron chi connectivity index (χ1n) is 4.71. The summed E-state index contributed by atoms with van der Waals surface area (Å²) in [6, 6.07) is 2.01. The van der Waals surface area contributed by atoms with Crippen LogP contribution in [0.2, 0.25) is 0 Å². The minimum atomic E-state index is 0.0756. The highest BCUT2D eigenvalue weighted by Crippen LogP contribution is 2.28. The van der Waals surface area contributed by atoms with Gasteiger partial charge in [-0.1, -0.05) is 6.07 Å². The molecular formula is C12H16O2. The third-order valence-corrected chi connectivity index (χ3v) is 2.57. The van der Waals surface area contributed by atoms with Crippen LogP contribution >= 0.6 is 0 Å². The lowest BCUT2D eigenvalue weighted by atomic mass is 9.96. The van der Waals surface area contributed by atoms with Crippen LogP contribution in [0.15, 0.2) is 6.07 Å². The van der Waals surface area contributed by atoms with Crippen molar-refractivity contribution in [2.75, 3.05) is 0 Å². The number of phenols is 1. The van der Waals surface area contributed by atoms with E-state index >= 15 is 0 Å². The molecule has 0 saturated carbocycles. The maximum absolute atomic E-state index is 11.0. The van der Waals surface area contributed by atoms with Crippen molar-refractivity contribution in [1.29, 1.82) is 0 Å². The Balaban J connectivity index is 3.29. The van der Waals surface area contributed by atoms with Crippen LogP contribution in [0.25, 0.3) is 0 Å². The van der Waals surface area contributed by atoms with Crippen LogP contribution in [0.1, 0.15) is 29.2 Å². The van der Waals surface area contributed by atoms with Crippen LogP contribution in [-0.4, -0.2) is 10.9 Å². The van der Waals surface area contributed by atoms with Crippen molar-refractivity contribution in [3.63, 3.8) is 0 Å². The summed E-state index contributed by atoms with van der Waals surface area (Å²) in [7, 11) is 0. The molecule has 0 saturated heterocycles. The molecule has 0 aliphatic rings. The van der Waals surface area contributed by atoms with Crippen molar-refractivity contribution in [3.05, 3.63) is 28.3 Å². The Morgan fingerprint density at radius 2 is 1.86 bits per heavy atom. The average molecular weight is 192 g/mol. The predicted octanol–water partition coefficient (Wildman–Crippen LogP) is 2.45. The Labute approximate surface area is 84.6 Å². The number of hydrogen-bond acceptors (Lipinski definition) is 2. The van der Waals surface area contributed by atoms with Crippen LogP contribution in [0, 0.1) is 20.8 Å². The second-order valence-electron chi connectivity index (χ2n) is 3.84. The largest absolute Gasteiger partial charge is 0.507 e. The molecule has 76 valence electrons. The summed E-state index contributed by atoms with van der Waals surface area (Å²) < 4.78 is 0. The van der Waals surface area contributed by atoms with Crippen molar-refractivity contribution < 1.29 is 9.90 Å². The molecule has 0 amide bonds. The van der Waals surface area contributed by atoms with E-state index in [0.29, 0.717) is 6.42 Å². The number of hydrogen-bond donors (Lipinski definition) is 1. The zero-order valence-electron chi connectivity index (χ0n) is 9.14. The van der Waals surface area contributed by atoms with Gasteiger partial charge in [-0.15, -0.1) is 0 Å². The van der Waals surface area contributed by atoms with Gasteiger partial charge in [-0.2, -0.15) is 0 Å². The average Bonchev–Trinajstić information content (AvgIpc) is 2.09. The summed E-state index contributed by atoms with van der Waals surface area (Å²) >= 11 is 0. The Hall–Kier alpha value is -1.31. The first kappa shape index (κ1) is 10.8. The van der Waals surface area contributed by atoms with Crippen LogP contribution in [0.5, 0.6) is 5.75 Å². The summed E-state index contributed by atoms with van der Waals surface area (Å²) in [5.74, 6) is 0.351. The van der Waals surface area contributed by atoms with Crippen molar-refractivity contribution in [3.8, 4) is 5.75 Å². The standard InChI is InChI=1S/C12H16O2/c1-7-5-8(2)11(6-9(3)13)12(14)10(7)4/h5,14H,6H2,1-4H3. The molecular weight excluding hydrogens is 176 g/mol. The fraction of sp³-hybridized carbons (Fsp3) is 0.417. The SMILES string of the molecule is CC(=O)Cc1c(C)cc(C)c(C)c1O. The molecule has 1 rings (SSSR count). The first-order chi connectivity index (χ1) is 6.43. The molecule has 0 aliphatic heterocycles. The molecule has 0 heterocycles. The molecule has 0 aromatic heterocycles. The predicted molar refractivity (Wildman–Crippen MR) is 56.7 cm³/mol. The van der Waals surface area contributed by atoms with Gasteiger partial charge < -0.3 is 5.11 Å². The second kappa shape index (κ2) is 3.82. The van der Waals surface area contributed by atoms with E-state index in [9.17, 15) is 9.90 Å². The molecule has 14 heavy (non-hydrogen) atoms. The van der Waals surface area contributed by atoms with Gasteiger partial charge in [0.2, 0.25) is 0 Å². The fourth-order valence-electron chi connectivity index (χ4n) is 1.59. The molecule has 2 nitrogen and oxygen atoms in total. The number of aryl methyl sites for hydroxylation is 2. The molecule has 1 aromatic rings. The van der Waals surface area contributed by atoms with E-state index in [0.717, 1.165) is 22.3 Å². The zero-order chi connectivity index (χ0) is 10.9. The molecule has 1 aromatic carbocycles. The highest BCUT2D eigenvalue weighted by molar-refractivity contribution is 5.79. The topological polar surface area (TPSA) is 37.3 Å². The van der Waals surface area contributed by atoms with Gasteiger partial charge in [-0.3, -0.25) is 4.79 Å². The normalized spacial score (nSPS) is 10.3. The second-order valence-corrected chi connectivity index (χ2v) is 3.84. The summed E-state index contributed by atoms with van der Waals surface area (Å²) in [5.41, 5.74) is 3.68. The molecule has 0 unspecified atom stereocenters. The molecule has 2 heteroatoms. The van der Waals surface area contributed by atoms with E-state index in [4.69, 9.17) is 0 Å². The van der Waals surface area contributed by atoms with E-state index in [1.807, 2.05) is 26.8 Å². The number of ketones is 1. The smallest absolute Gasteiger partial charge is 0.134 e. The lowest BCUT2D eigenvalue weighted by molar-refractivity contribution is -0.116. The molecule has 0 bridgehead atoms. The van der Waals surface area contributed by atoms with E-state index in [1.165, 1.54) is 6.92 Å². The molecule has 0 aliphatic carbocycles. The third kappa shape index (κ3) is 1.95. The first-order valence-corrected chi connectivity index (χ1v) is 4.71. The fourth-order valence-corrected chi connectivity index (χ4v) is 1.59. The maximum Gasteiger partial charge on any atom is 0.134 e. The Morgan fingerprint density at radius 3 is 2.36 bits per heavy atom. The molecule has 0 atom stereocenters. The Kier molecular flexibility index (Phi) is 2.94. The zero-order valence-corrected chi connectivity index (χ0v) is 9.14. The van der Waals surface area contributed by atoms with E-state index in [2.05, 4.69) is 0 Å². The Morgan fingerprint density at radius 1 is 1.29 bits per heavy atom. The quantitative estimate of drug-likeness (QED) is 0.781. The van der Waals surface area contributed by atoms with Crippen LogP contribution in [-0.2, 0) is 11.2 Å². The van der Waals surface area contributed by atoms with Crippen LogP contribution < -0.4 is 0 Å². The lowest BCUT2D eigenvalue weighted by Gasteiger charge is -2.11.